The maximum absolute atomic E-state index is 11.9. The van der Waals surface area contributed by atoms with Crippen molar-refractivity contribution in [3.8, 4) is 0 Å². The first kappa shape index (κ1) is 17.4. The first-order valence-electron chi connectivity index (χ1n) is 6.32. The van der Waals surface area contributed by atoms with Crippen LogP contribution in [0.4, 0.5) is 0 Å². The molecule has 1 unspecified atom stereocenters. The van der Waals surface area contributed by atoms with Gasteiger partial charge in [-0.2, -0.15) is 0 Å². The number of carboxylic acids is 1. The monoisotopic (exact) mass is 276 g/mol. The molecule has 0 fully saturated rings. The first-order valence-corrected chi connectivity index (χ1v) is 6.32. The molecule has 0 aliphatic heterocycles. The van der Waals surface area contributed by atoms with Gasteiger partial charge >= 0.3 is 5.97 Å². The van der Waals surface area contributed by atoms with Gasteiger partial charge in [0, 0.05) is 13.1 Å². The average Bonchev–Trinajstić information content (AvgIpc) is 2.32. The number of hydrogen-bond acceptors (Lipinski definition) is 4. The molecule has 7 heteroatoms. The van der Waals surface area contributed by atoms with Gasteiger partial charge in [-0.05, 0) is 33.4 Å². The number of carboxylic acid groups (broad SMARTS) is 1. The largest absolute Gasteiger partial charge is 0.481 e. The summed E-state index contributed by atoms with van der Waals surface area (Å²) in [6.45, 7) is 0.746. The van der Waals surface area contributed by atoms with Gasteiger partial charge in [0.1, 0.15) is 0 Å². The van der Waals surface area contributed by atoms with E-state index in [1.54, 1.807) is 0 Å². The second-order valence-corrected chi connectivity index (χ2v) is 4.48. The van der Waals surface area contributed by atoms with E-state index in [9.17, 15) is 14.4 Å². The number of carbonyl (C=O) groups is 3. The summed E-state index contributed by atoms with van der Waals surface area (Å²) in [6, 6.07) is -0.273. The molecule has 0 spiro atoms. The van der Waals surface area contributed by atoms with Crippen LogP contribution in [0.2, 0.25) is 0 Å². The van der Waals surface area contributed by atoms with Crippen LogP contribution >= 0.6 is 0 Å². The zero-order valence-corrected chi connectivity index (χ0v) is 11.5. The van der Waals surface area contributed by atoms with E-state index in [1.807, 2.05) is 19.0 Å². The molecule has 19 heavy (non-hydrogen) atoms. The van der Waals surface area contributed by atoms with Crippen LogP contribution in [0.15, 0.2) is 0 Å². The van der Waals surface area contributed by atoms with Gasteiger partial charge < -0.3 is 15.7 Å². The molecular weight excluding hydrogens is 253 g/mol. The van der Waals surface area contributed by atoms with Crippen molar-refractivity contribution >= 4 is 18.3 Å². The van der Waals surface area contributed by atoms with E-state index < -0.39 is 5.97 Å². The molecule has 0 aliphatic rings. The Morgan fingerprint density at radius 3 is 2.47 bits per heavy atom. The summed E-state index contributed by atoms with van der Waals surface area (Å²) in [5.74, 6) is -1.09. The second-order valence-electron chi connectivity index (χ2n) is 4.48. The molecule has 0 aromatic carbocycles. The number of aliphatic carboxylic acids is 1. The van der Waals surface area contributed by atoms with Crippen LogP contribution in [0.25, 0.3) is 0 Å². The average molecular weight is 276 g/mol. The van der Waals surface area contributed by atoms with Crippen molar-refractivity contribution in [2.24, 2.45) is 0 Å². The highest BCUT2D eigenvalue weighted by Gasteiger charge is 2.19. The zero-order valence-electron chi connectivity index (χ0n) is 11.5. The summed E-state index contributed by atoms with van der Waals surface area (Å²) in [5.41, 5.74) is 0. The van der Waals surface area contributed by atoms with E-state index in [4.69, 9.17) is 5.11 Å². The molecule has 2 amide bonds. The van der Waals surface area contributed by atoms with Gasteiger partial charge in [0.15, 0.2) is 0 Å². The lowest BCUT2D eigenvalue weighted by atomic mass is 10.1. The van der Waals surface area contributed by atoms with Gasteiger partial charge in [0.05, 0.1) is 12.5 Å². The Balaban J connectivity index is 3.98. The maximum Gasteiger partial charge on any atom is 0.305 e. The molecule has 0 rings (SSSR count). The molecule has 0 heterocycles. The highest BCUT2D eigenvalue weighted by atomic mass is 16.4. The number of carbonyl (C=O) groups excluding carboxylic acids is 2. The fourth-order valence-electron chi connectivity index (χ4n) is 1.66. The van der Waals surface area contributed by atoms with Crippen LogP contribution in [0.3, 0.4) is 0 Å². The predicted octanol–water partition coefficient (Wildman–Crippen LogP) is -0.576. The number of likely N-dealkylation sites (N-methyl/N-ethyl adjacent to an activating group) is 1. The van der Waals surface area contributed by atoms with Crippen LogP contribution in [0.5, 0.6) is 0 Å². The van der Waals surface area contributed by atoms with E-state index in [-0.39, 0.29) is 24.9 Å². The molecule has 0 bridgehead atoms. The SMILES string of the molecule is C[15N](C)C(CCCCN[13CH]=O)C(=O)N[13CH2]CC(=O)O. The quantitative estimate of drug-likeness (QED) is 0.203. The third kappa shape index (κ3) is 9.01. The Morgan fingerprint density at radius 2 is 1.95 bits per heavy atom. The molecule has 0 aliphatic carbocycles. The van der Waals surface area contributed by atoms with Gasteiger partial charge in [0.25, 0.3) is 0 Å². The van der Waals surface area contributed by atoms with E-state index in [2.05, 4.69) is 10.6 Å². The predicted molar refractivity (Wildman–Crippen MR) is 70.7 cm³/mol. The highest BCUT2D eigenvalue weighted by Crippen LogP contribution is 2.06. The molecule has 0 radical (unpaired) electrons. The van der Waals surface area contributed by atoms with Gasteiger partial charge in [-0.1, -0.05) is 0 Å². The maximum atomic E-state index is 11.9. The molecule has 0 saturated heterocycles. The zero-order chi connectivity index (χ0) is 14.7. The molecular formula is C12H23N3O4. The highest BCUT2D eigenvalue weighted by molar-refractivity contribution is 5.82. The van der Waals surface area contributed by atoms with E-state index in [0.29, 0.717) is 19.4 Å². The lowest BCUT2D eigenvalue weighted by molar-refractivity contribution is -0.137. The standard InChI is InChI=1S/C12H23N3O4/c1-15(2)10(5-3-4-7-13-9-16)12(19)14-8-6-11(17)18/h9-10H,3-8H2,1-2H3,(H,13,16)(H,14,19)(H,17,18)/i8+1,9+1,15+1. The minimum Gasteiger partial charge on any atom is -0.481 e. The van der Waals surface area contributed by atoms with Crippen LogP contribution in [0, 0.1) is 0 Å². The Morgan fingerprint density at radius 1 is 1.26 bits per heavy atom. The summed E-state index contributed by atoms with van der Waals surface area (Å²) < 4.78 is 0. The normalized spacial score (nSPS) is 11.9. The lowest BCUT2D eigenvalue weighted by Crippen LogP contribution is -2.44. The molecule has 0 aromatic heterocycles. The van der Waals surface area contributed by atoms with Crippen LogP contribution < -0.4 is 10.6 Å². The number of nitrogens with zero attached hydrogens (tertiary/aromatic N) is 1. The van der Waals surface area contributed by atoms with Gasteiger partial charge in [-0.3, -0.25) is 19.3 Å². The number of unbranched alkanes of at least 4 members (excludes halogenated alkanes) is 1. The molecule has 110 valence electrons. The molecule has 1 atom stereocenters. The molecule has 0 aromatic rings. The summed E-state index contributed by atoms with van der Waals surface area (Å²) >= 11 is 0. The Labute approximate surface area is 113 Å². The Hall–Kier alpha value is -1.63. The fraction of sp³-hybridized carbons (Fsp3) is 0.750. The smallest absolute Gasteiger partial charge is 0.305 e. The number of hydrogen-bond donors (Lipinski definition) is 3. The van der Waals surface area contributed by atoms with Crippen molar-refractivity contribution in [2.45, 2.75) is 31.7 Å². The van der Waals surface area contributed by atoms with Gasteiger partial charge in [-0.15, -0.1) is 0 Å². The molecule has 0 saturated carbocycles. The Kier molecular flexibility index (Phi) is 9.42. The number of amides is 2. The number of rotatable bonds is 11. The summed E-state index contributed by atoms with van der Waals surface area (Å²) in [4.78, 5) is 34.1. The van der Waals surface area contributed by atoms with E-state index >= 15 is 0 Å². The van der Waals surface area contributed by atoms with Crippen molar-refractivity contribution < 1.29 is 19.5 Å². The van der Waals surface area contributed by atoms with Crippen molar-refractivity contribution in [3.63, 3.8) is 0 Å². The van der Waals surface area contributed by atoms with Gasteiger partial charge in [0.2, 0.25) is 12.3 Å². The van der Waals surface area contributed by atoms with Crippen LogP contribution in [0.1, 0.15) is 25.7 Å². The third-order valence-corrected chi connectivity index (χ3v) is 2.70. The molecule has 3 N–H and O–H groups in total. The fourth-order valence-corrected chi connectivity index (χ4v) is 1.66. The van der Waals surface area contributed by atoms with Crippen molar-refractivity contribution in [2.75, 3.05) is 27.2 Å². The minimum absolute atomic E-state index is 0.0743. The minimum atomic E-state index is -0.929. The van der Waals surface area contributed by atoms with Crippen LogP contribution in [-0.4, -0.2) is 61.5 Å². The summed E-state index contributed by atoms with van der Waals surface area (Å²) in [5, 5.41) is 13.7. The van der Waals surface area contributed by atoms with E-state index in [0.717, 1.165) is 12.8 Å². The topological polar surface area (TPSA) is 98.7 Å². The van der Waals surface area contributed by atoms with Crippen molar-refractivity contribution in [1.29, 1.82) is 0 Å². The van der Waals surface area contributed by atoms with Crippen molar-refractivity contribution in [3.05, 3.63) is 0 Å². The van der Waals surface area contributed by atoms with E-state index in [1.165, 1.54) is 0 Å². The van der Waals surface area contributed by atoms with Crippen molar-refractivity contribution in [1.82, 2.24) is 15.5 Å². The second kappa shape index (κ2) is 10.3. The lowest BCUT2D eigenvalue weighted by Gasteiger charge is -2.23. The van der Waals surface area contributed by atoms with Gasteiger partial charge in [-0.25, -0.2) is 0 Å². The number of nitrogens with one attached hydrogen (secondary N) is 2. The first-order chi connectivity index (χ1) is 8.99. The van der Waals surface area contributed by atoms with Crippen LogP contribution in [-0.2, 0) is 14.4 Å². The summed E-state index contributed by atoms with van der Waals surface area (Å²) in [7, 11) is 3.62. The summed E-state index contributed by atoms with van der Waals surface area (Å²) in [6.07, 6.45) is 2.88. The Bertz CT molecular complexity index is 295. The third-order valence-electron chi connectivity index (χ3n) is 2.70. The molecule has 7 nitrogen and oxygen atoms in total.